The molecule has 2 aromatic rings. The fourth-order valence-electron chi connectivity index (χ4n) is 2.50. The lowest BCUT2D eigenvalue weighted by atomic mass is 10.1. The first-order chi connectivity index (χ1) is 13.3. The minimum absolute atomic E-state index is 0.0910. The van der Waals surface area contributed by atoms with Crippen LogP contribution in [0.15, 0.2) is 30.3 Å². The van der Waals surface area contributed by atoms with Crippen LogP contribution in [0, 0.1) is 13.8 Å². The zero-order chi connectivity index (χ0) is 22.0. The van der Waals surface area contributed by atoms with Crippen LogP contribution in [0.5, 0.6) is 0 Å². The number of amides is 2. The first kappa shape index (κ1) is 22.3. The van der Waals surface area contributed by atoms with Gasteiger partial charge in [0, 0.05) is 11.3 Å². The van der Waals surface area contributed by atoms with Gasteiger partial charge in [0.2, 0.25) is 5.95 Å². The molecule has 0 aliphatic rings. The standard InChI is InChI=1S/C22H29N3O4/c1-14-11-9-10-12-16(14)17-13-15(2)23-18(24-17)25(19(26)28-21(3,4)5)20(27)29-22(6,7)8/h9-13H,1-8H3. The zero-order valence-electron chi connectivity index (χ0n) is 18.4. The molecule has 7 nitrogen and oxygen atoms in total. The molecule has 2 amide bonds. The molecule has 0 saturated heterocycles. The van der Waals surface area contributed by atoms with Gasteiger partial charge in [0.15, 0.2) is 0 Å². The lowest BCUT2D eigenvalue weighted by molar-refractivity contribution is 0.0427. The number of anilines is 1. The number of carbonyl (C=O) groups is 2. The number of ether oxygens (including phenoxy) is 2. The second-order valence-corrected chi connectivity index (χ2v) is 8.81. The Morgan fingerprint density at radius 1 is 0.862 bits per heavy atom. The summed E-state index contributed by atoms with van der Waals surface area (Å²) in [7, 11) is 0. The highest BCUT2D eigenvalue weighted by atomic mass is 16.6. The van der Waals surface area contributed by atoms with Crippen molar-refractivity contribution in [1.82, 2.24) is 9.97 Å². The number of benzene rings is 1. The number of carbonyl (C=O) groups excluding carboxylic acids is 2. The molecule has 0 unspecified atom stereocenters. The SMILES string of the molecule is Cc1cc(-c2ccccc2C)nc(N(C(=O)OC(C)(C)C)C(=O)OC(C)(C)C)n1. The number of nitrogens with zero attached hydrogens (tertiary/aromatic N) is 3. The van der Waals surface area contributed by atoms with Gasteiger partial charge in [-0.2, -0.15) is 0 Å². The Balaban J connectivity index is 2.56. The molecular formula is C22H29N3O4. The predicted octanol–water partition coefficient (Wildman–Crippen LogP) is 5.44. The molecule has 1 aromatic carbocycles. The highest BCUT2D eigenvalue weighted by Gasteiger charge is 2.35. The Hall–Kier alpha value is -2.96. The van der Waals surface area contributed by atoms with Gasteiger partial charge in [-0.25, -0.2) is 19.6 Å². The predicted molar refractivity (Wildman–Crippen MR) is 112 cm³/mol. The third-order valence-electron chi connectivity index (χ3n) is 3.62. The number of hydrogen-bond acceptors (Lipinski definition) is 6. The molecule has 0 aliphatic carbocycles. The smallest absolute Gasteiger partial charge is 0.427 e. The van der Waals surface area contributed by atoms with E-state index in [1.54, 1.807) is 54.5 Å². The number of rotatable bonds is 2. The largest absolute Gasteiger partial charge is 0.443 e. The van der Waals surface area contributed by atoms with Gasteiger partial charge in [-0.3, -0.25) is 0 Å². The average Bonchev–Trinajstić information content (AvgIpc) is 2.51. The third-order valence-corrected chi connectivity index (χ3v) is 3.62. The third kappa shape index (κ3) is 6.27. The van der Waals surface area contributed by atoms with Crippen LogP contribution in [0.1, 0.15) is 52.8 Å². The number of aromatic nitrogens is 2. The summed E-state index contributed by atoms with van der Waals surface area (Å²) in [6, 6.07) is 9.52. The summed E-state index contributed by atoms with van der Waals surface area (Å²) in [6.07, 6.45) is -1.79. The van der Waals surface area contributed by atoms with E-state index in [4.69, 9.17) is 9.47 Å². The van der Waals surface area contributed by atoms with E-state index in [1.807, 2.05) is 31.2 Å². The summed E-state index contributed by atoms with van der Waals surface area (Å²) in [6.45, 7) is 14.0. The monoisotopic (exact) mass is 399 g/mol. The van der Waals surface area contributed by atoms with Gasteiger partial charge in [0.25, 0.3) is 0 Å². The fraction of sp³-hybridized carbons (Fsp3) is 0.455. The topological polar surface area (TPSA) is 81.6 Å². The highest BCUT2D eigenvalue weighted by molar-refractivity contribution is 6.08. The van der Waals surface area contributed by atoms with Crippen LogP contribution in [0.4, 0.5) is 15.5 Å². The van der Waals surface area contributed by atoms with Crippen LogP contribution in [0.25, 0.3) is 11.3 Å². The molecule has 0 aliphatic heterocycles. The van der Waals surface area contributed by atoms with Crippen LogP contribution in [0.2, 0.25) is 0 Å². The van der Waals surface area contributed by atoms with Crippen molar-refractivity contribution in [1.29, 1.82) is 0 Å². The molecule has 0 spiro atoms. The molecule has 7 heteroatoms. The van der Waals surface area contributed by atoms with Crippen molar-refractivity contribution in [2.45, 2.75) is 66.6 Å². The molecule has 0 fully saturated rings. The Morgan fingerprint density at radius 2 is 1.38 bits per heavy atom. The Bertz CT molecular complexity index is 883. The van der Waals surface area contributed by atoms with Crippen molar-refractivity contribution in [3.8, 4) is 11.3 Å². The number of hydrogen-bond donors (Lipinski definition) is 0. The molecule has 29 heavy (non-hydrogen) atoms. The molecule has 2 rings (SSSR count). The average molecular weight is 399 g/mol. The van der Waals surface area contributed by atoms with E-state index in [9.17, 15) is 9.59 Å². The van der Waals surface area contributed by atoms with Gasteiger partial charge in [0.1, 0.15) is 11.2 Å². The van der Waals surface area contributed by atoms with E-state index in [2.05, 4.69) is 9.97 Å². The molecule has 0 bridgehead atoms. The summed E-state index contributed by atoms with van der Waals surface area (Å²) < 4.78 is 10.8. The molecule has 0 N–H and O–H groups in total. The van der Waals surface area contributed by atoms with Gasteiger partial charge >= 0.3 is 12.2 Å². The summed E-state index contributed by atoms with van der Waals surface area (Å²) in [5.41, 5.74) is 1.48. The Labute approximate surface area is 172 Å². The summed E-state index contributed by atoms with van der Waals surface area (Å²) in [5.74, 6) is -0.0910. The first-order valence-electron chi connectivity index (χ1n) is 9.44. The molecule has 0 radical (unpaired) electrons. The molecule has 1 aromatic heterocycles. The quantitative estimate of drug-likeness (QED) is 0.669. The lowest BCUT2D eigenvalue weighted by Gasteiger charge is -2.27. The summed E-state index contributed by atoms with van der Waals surface area (Å²) in [5, 5.41) is 0. The number of imide groups is 1. The van der Waals surface area contributed by atoms with Gasteiger partial charge in [0.05, 0.1) is 5.69 Å². The van der Waals surface area contributed by atoms with Gasteiger partial charge in [-0.15, -0.1) is 4.90 Å². The molecule has 0 atom stereocenters. The minimum Gasteiger partial charge on any atom is -0.443 e. The van der Waals surface area contributed by atoms with E-state index in [-0.39, 0.29) is 5.95 Å². The maximum Gasteiger partial charge on any atom is 0.427 e. The van der Waals surface area contributed by atoms with Crippen molar-refractivity contribution in [3.63, 3.8) is 0 Å². The van der Waals surface area contributed by atoms with E-state index in [0.29, 0.717) is 11.4 Å². The minimum atomic E-state index is -0.895. The second kappa shape index (κ2) is 8.19. The van der Waals surface area contributed by atoms with E-state index in [1.165, 1.54) is 0 Å². The van der Waals surface area contributed by atoms with Crippen molar-refractivity contribution in [2.24, 2.45) is 0 Å². The Morgan fingerprint density at radius 3 is 1.86 bits per heavy atom. The van der Waals surface area contributed by atoms with Crippen molar-refractivity contribution in [2.75, 3.05) is 4.90 Å². The van der Waals surface area contributed by atoms with Crippen LogP contribution in [0.3, 0.4) is 0 Å². The second-order valence-electron chi connectivity index (χ2n) is 8.81. The normalized spacial score (nSPS) is 11.7. The van der Waals surface area contributed by atoms with Crippen LogP contribution in [-0.2, 0) is 9.47 Å². The van der Waals surface area contributed by atoms with Gasteiger partial charge in [-0.1, -0.05) is 24.3 Å². The maximum absolute atomic E-state index is 12.8. The summed E-state index contributed by atoms with van der Waals surface area (Å²) in [4.78, 5) is 35.2. The number of aryl methyl sites for hydroxylation is 2. The highest BCUT2D eigenvalue weighted by Crippen LogP contribution is 2.25. The molecule has 156 valence electrons. The maximum atomic E-state index is 12.8. The zero-order valence-corrected chi connectivity index (χ0v) is 18.4. The van der Waals surface area contributed by atoms with E-state index >= 15 is 0 Å². The van der Waals surface area contributed by atoms with E-state index < -0.39 is 23.4 Å². The molecule has 0 saturated carbocycles. The molecule has 1 heterocycles. The van der Waals surface area contributed by atoms with Crippen molar-refractivity contribution < 1.29 is 19.1 Å². The van der Waals surface area contributed by atoms with Crippen LogP contribution < -0.4 is 4.90 Å². The molecular weight excluding hydrogens is 370 g/mol. The van der Waals surface area contributed by atoms with E-state index in [0.717, 1.165) is 16.0 Å². The van der Waals surface area contributed by atoms with Crippen LogP contribution >= 0.6 is 0 Å². The van der Waals surface area contributed by atoms with Crippen molar-refractivity contribution in [3.05, 3.63) is 41.6 Å². The first-order valence-corrected chi connectivity index (χ1v) is 9.44. The van der Waals surface area contributed by atoms with Gasteiger partial charge in [-0.05, 0) is 67.0 Å². The van der Waals surface area contributed by atoms with Crippen LogP contribution in [-0.4, -0.2) is 33.4 Å². The lowest BCUT2D eigenvalue weighted by Crippen LogP contribution is -2.44. The van der Waals surface area contributed by atoms with Gasteiger partial charge < -0.3 is 9.47 Å². The summed E-state index contributed by atoms with van der Waals surface area (Å²) >= 11 is 0. The fourth-order valence-corrected chi connectivity index (χ4v) is 2.50. The Kier molecular flexibility index (Phi) is 6.30. The van der Waals surface area contributed by atoms with Crippen molar-refractivity contribution >= 4 is 18.1 Å².